The first-order valence-corrected chi connectivity index (χ1v) is 8.04. The van der Waals surface area contributed by atoms with Crippen LogP contribution in [0.25, 0.3) is 5.69 Å². The van der Waals surface area contributed by atoms with Crippen LogP contribution in [-0.4, -0.2) is 22.8 Å². The van der Waals surface area contributed by atoms with Gasteiger partial charge in [-0.3, -0.25) is 4.79 Å². The van der Waals surface area contributed by atoms with Gasteiger partial charge in [0.2, 0.25) is 0 Å². The molecule has 0 bridgehead atoms. The number of alkyl halides is 3. The molecule has 1 amide bonds. The summed E-state index contributed by atoms with van der Waals surface area (Å²) in [6, 6.07) is 11.7. The van der Waals surface area contributed by atoms with Crippen molar-refractivity contribution in [3.63, 3.8) is 0 Å². The Kier molecular flexibility index (Phi) is 5.09. The highest BCUT2D eigenvalue weighted by molar-refractivity contribution is 6.32. The topological polar surface area (TPSA) is 56.1 Å². The molecule has 0 spiro atoms. The number of amides is 1. The van der Waals surface area contributed by atoms with Gasteiger partial charge in [-0.1, -0.05) is 11.6 Å². The molecule has 0 radical (unpaired) electrons. The molecule has 1 heterocycles. The van der Waals surface area contributed by atoms with E-state index in [1.165, 1.54) is 37.6 Å². The molecule has 2 aromatic carbocycles. The van der Waals surface area contributed by atoms with E-state index >= 15 is 0 Å². The number of carbonyl (C=O) groups is 1. The summed E-state index contributed by atoms with van der Waals surface area (Å²) >= 11 is 6.02. The molecule has 1 aromatic heterocycles. The number of nitrogens with one attached hydrogen (secondary N) is 1. The Hall–Kier alpha value is -3.00. The summed E-state index contributed by atoms with van der Waals surface area (Å²) in [5, 5.41) is 6.52. The van der Waals surface area contributed by atoms with Crippen LogP contribution in [-0.2, 0) is 6.18 Å². The van der Waals surface area contributed by atoms with E-state index in [9.17, 15) is 18.0 Å². The normalized spacial score (nSPS) is 11.3. The number of nitrogens with zero attached hydrogens (tertiary/aromatic N) is 2. The molecular formula is C18H13ClF3N3O2. The first kappa shape index (κ1) is 18.8. The monoisotopic (exact) mass is 395 g/mol. The van der Waals surface area contributed by atoms with Crippen molar-refractivity contribution < 1.29 is 22.7 Å². The molecular weight excluding hydrogens is 383 g/mol. The first-order chi connectivity index (χ1) is 12.8. The summed E-state index contributed by atoms with van der Waals surface area (Å²) in [5.41, 5.74) is 0.223. The minimum atomic E-state index is -4.51. The third-order valence-corrected chi connectivity index (χ3v) is 3.98. The van der Waals surface area contributed by atoms with Crippen molar-refractivity contribution in [2.75, 3.05) is 12.4 Å². The number of halogens is 4. The zero-order valence-electron chi connectivity index (χ0n) is 13.9. The summed E-state index contributed by atoms with van der Waals surface area (Å²) in [6.45, 7) is 0. The highest BCUT2D eigenvalue weighted by atomic mass is 35.5. The molecule has 0 aliphatic carbocycles. The van der Waals surface area contributed by atoms with Gasteiger partial charge in [-0.15, -0.1) is 0 Å². The predicted molar refractivity (Wildman–Crippen MR) is 94.5 cm³/mol. The second kappa shape index (κ2) is 7.32. The van der Waals surface area contributed by atoms with E-state index in [0.29, 0.717) is 27.7 Å². The zero-order valence-corrected chi connectivity index (χ0v) is 14.7. The molecule has 9 heteroatoms. The number of anilines is 1. The Bertz CT molecular complexity index is 969. The first-order valence-electron chi connectivity index (χ1n) is 7.66. The van der Waals surface area contributed by atoms with Crippen molar-refractivity contribution in [3.8, 4) is 11.4 Å². The summed E-state index contributed by atoms with van der Waals surface area (Å²) in [4.78, 5) is 12.3. The molecule has 0 fully saturated rings. The highest BCUT2D eigenvalue weighted by Gasteiger charge is 2.33. The number of methoxy groups -OCH3 is 1. The quantitative estimate of drug-likeness (QED) is 0.690. The molecule has 0 aliphatic rings. The summed E-state index contributed by atoms with van der Waals surface area (Å²) in [7, 11) is 1.48. The van der Waals surface area contributed by atoms with E-state index in [2.05, 4.69) is 10.4 Å². The van der Waals surface area contributed by atoms with Gasteiger partial charge in [0, 0.05) is 17.4 Å². The second-order valence-electron chi connectivity index (χ2n) is 5.49. The van der Waals surface area contributed by atoms with Crippen molar-refractivity contribution in [2.45, 2.75) is 6.18 Å². The van der Waals surface area contributed by atoms with Crippen LogP contribution in [0.3, 0.4) is 0 Å². The van der Waals surface area contributed by atoms with Gasteiger partial charge >= 0.3 is 6.18 Å². The second-order valence-corrected chi connectivity index (χ2v) is 5.90. The lowest BCUT2D eigenvalue weighted by Crippen LogP contribution is -2.12. The predicted octanol–water partition coefficient (Wildman–Crippen LogP) is 4.81. The summed E-state index contributed by atoms with van der Waals surface area (Å²) in [5.74, 6) is 0.0932. The number of hydrogen-bond donors (Lipinski definition) is 1. The van der Waals surface area contributed by atoms with E-state index in [-0.39, 0.29) is 5.91 Å². The van der Waals surface area contributed by atoms with Gasteiger partial charge in [0.15, 0.2) is 5.69 Å². The maximum Gasteiger partial charge on any atom is 0.435 e. The summed E-state index contributed by atoms with van der Waals surface area (Å²) in [6.07, 6.45) is -3.30. The van der Waals surface area contributed by atoms with Crippen LogP contribution in [0, 0.1) is 0 Å². The van der Waals surface area contributed by atoms with E-state index in [0.717, 1.165) is 10.7 Å². The van der Waals surface area contributed by atoms with Crippen LogP contribution in [0.2, 0.25) is 5.02 Å². The fourth-order valence-electron chi connectivity index (χ4n) is 2.33. The van der Waals surface area contributed by atoms with E-state index < -0.39 is 11.9 Å². The van der Waals surface area contributed by atoms with Crippen molar-refractivity contribution in [1.82, 2.24) is 9.78 Å². The molecule has 0 aliphatic heterocycles. The van der Waals surface area contributed by atoms with Crippen molar-refractivity contribution in [1.29, 1.82) is 0 Å². The SMILES string of the molecule is COc1ccc(NC(=O)c2ccc(-n3ccc(C(F)(F)F)n3)cc2)cc1Cl. The third-order valence-electron chi connectivity index (χ3n) is 3.68. The summed E-state index contributed by atoms with van der Waals surface area (Å²) < 4.78 is 44.0. The molecule has 0 unspecified atom stereocenters. The van der Waals surface area contributed by atoms with E-state index in [1.54, 1.807) is 18.2 Å². The van der Waals surface area contributed by atoms with Crippen LogP contribution in [0.5, 0.6) is 5.75 Å². The molecule has 0 atom stereocenters. The molecule has 0 saturated heterocycles. The standard InChI is InChI=1S/C18H13ClF3N3O2/c1-27-15-7-4-12(10-14(15)19)23-17(26)11-2-5-13(6-3-11)25-9-8-16(24-25)18(20,21)22/h2-10H,1H3,(H,23,26). The van der Waals surface area contributed by atoms with Gasteiger partial charge in [0.25, 0.3) is 5.91 Å². The minimum Gasteiger partial charge on any atom is -0.495 e. The lowest BCUT2D eigenvalue weighted by molar-refractivity contribution is -0.141. The fraction of sp³-hybridized carbons (Fsp3) is 0.111. The number of aromatic nitrogens is 2. The molecule has 0 saturated carbocycles. The van der Waals surface area contributed by atoms with Gasteiger partial charge in [0.05, 0.1) is 17.8 Å². The average molecular weight is 396 g/mol. The van der Waals surface area contributed by atoms with Crippen LogP contribution in [0.4, 0.5) is 18.9 Å². The Morgan fingerprint density at radius 1 is 1.15 bits per heavy atom. The number of benzene rings is 2. The lowest BCUT2D eigenvalue weighted by atomic mass is 10.2. The molecule has 5 nitrogen and oxygen atoms in total. The molecule has 1 N–H and O–H groups in total. The van der Waals surface area contributed by atoms with Gasteiger partial charge in [0.1, 0.15) is 5.75 Å². The Balaban J connectivity index is 1.74. The fourth-order valence-corrected chi connectivity index (χ4v) is 2.59. The Labute approximate surface area is 157 Å². The van der Waals surface area contributed by atoms with Gasteiger partial charge in [-0.25, -0.2) is 4.68 Å². The zero-order chi connectivity index (χ0) is 19.6. The maximum atomic E-state index is 12.6. The molecule has 3 rings (SSSR count). The van der Waals surface area contributed by atoms with Crippen LogP contribution in [0.1, 0.15) is 16.1 Å². The smallest absolute Gasteiger partial charge is 0.435 e. The van der Waals surface area contributed by atoms with Crippen LogP contribution in [0.15, 0.2) is 54.7 Å². The number of carbonyl (C=O) groups excluding carboxylic acids is 1. The van der Waals surface area contributed by atoms with Crippen molar-refractivity contribution in [3.05, 3.63) is 71.0 Å². The van der Waals surface area contributed by atoms with Crippen LogP contribution >= 0.6 is 11.6 Å². The van der Waals surface area contributed by atoms with Gasteiger partial charge < -0.3 is 10.1 Å². The van der Waals surface area contributed by atoms with E-state index in [4.69, 9.17) is 16.3 Å². The molecule has 27 heavy (non-hydrogen) atoms. The van der Waals surface area contributed by atoms with Crippen LogP contribution < -0.4 is 10.1 Å². The van der Waals surface area contributed by atoms with Gasteiger partial charge in [-0.05, 0) is 48.5 Å². The lowest BCUT2D eigenvalue weighted by Gasteiger charge is -2.09. The number of ether oxygens (including phenoxy) is 1. The Morgan fingerprint density at radius 3 is 2.41 bits per heavy atom. The van der Waals surface area contributed by atoms with Gasteiger partial charge in [-0.2, -0.15) is 18.3 Å². The van der Waals surface area contributed by atoms with E-state index in [1.807, 2.05) is 0 Å². The molecule has 140 valence electrons. The maximum absolute atomic E-state index is 12.6. The van der Waals surface area contributed by atoms with Crippen molar-refractivity contribution >= 4 is 23.2 Å². The molecule has 3 aromatic rings. The number of rotatable bonds is 4. The average Bonchev–Trinajstić information content (AvgIpc) is 3.12. The Morgan fingerprint density at radius 2 is 1.85 bits per heavy atom. The van der Waals surface area contributed by atoms with Crippen molar-refractivity contribution in [2.24, 2.45) is 0 Å². The minimum absolute atomic E-state index is 0.328. The third kappa shape index (κ3) is 4.22. The largest absolute Gasteiger partial charge is 0.495 e. The highest BCUT2D eigenvalue weighted by Crippen LogP contribution is 2.28. The number of hydrogen-bond acceptors (Lipinski definition) is 3.